The van der Waals surface area contributed by atoms with Gasteiger partial charge in [-0.2, -0.15) is 13.2 Å². The standard InChI is InChI=1S/C9H13F3O2/c1-5(2)4-7(8(13)14)6(3)9(10,11)12/h5,7H,3-4H2,1-2H3,(H,13,14). The summed E-state index contributed by atoms with van der Waals surface area (Å²) in [6.07, 6.45) is -4.67. The first-order chi connectivity index (χ1) is 6.16. The number of carbonyl (C=O) groups is 1. The van der Waals surface area contributed by atoms with Crippen molar-refractivity contribution >= 4 is 5.97 Å². The summed E-state index contributed by atoms with van der Waals surface area (Å²) in [4.78, 5) is 10.6. The summed E-state index contributed by atoms with van der Waals surface area (Å²) in [5.41, 5.74) is -1.18. The fourth-order valence-electron chi connectivity index (χ4n) is 1.06. The van der Waals surface area contributed by atoms with Gasteiger partial charge in [-0.05, 0) is 12.3 Å². The summed E-state index contributed by atoms with van der Waals surface area (Å²) >= 11 is 0. The molecule has 0 aliphatic rings. The quantitative estimate of drug-likeness (QED) is 0.724. The van der Waals surface area contributed by atoms with Crippen molar-refractivity contribution < 1.29 is 23.1 Å². The van der Waals surface area contributed by atoms with Crippen LogP contribution in [0.1, 0.15) is 20.3 Å². The summed E-state index contributed by atoms with van der Waals surface area (Å²) in [7, 11) is 0. The third kappa shape index (κ3) is 3.81. The minimum atomic E-state index is -4.63. The van der Waals surface area contributed by atoms with E-state index in [4.69, 9.17) is 5.11 Å². The van der Waals surface area contributed by atoms with Gasteiger partial charge in [0.1, 0.15) is 0 Å². The van der Waals surface area contributed by atoms with Crippen LogP contribution in [0.3, 0.4) is 0 Å². The lowest BCUT2D eigenvalue weighted by atomic mass is 9.91. The van der Waals surface area contributed by atoms with E-state index in [-0.39, 0.29) is 12.3 Å². The zero-order valence-corrected chi connectivity index (χ0v) is 8.06. The van der Waals surface area contributed by atoms with E-state index in [1.807, 2.05) is 0 Å². The van der Waals surface area contributed by atoms with E-state index in [0.29, 0.717) is 0 Å². The Kier molecular flexibility index (Phi) is 4.16. The Bertz CT molecular complexity index is 231. The van der Waals surface area contributed by atoms with Gasteiger partial charge < -0.3 is 5.11 Å². The van der Waals surface area contributed by atoms with Gasteiger partial charge in [0.15, 0.2) is 0 Å². The predicted octanol–water partition coefficient (Wildman–Crippen LogP) is 2.85. The summed E-state index contributed by atoms with van der Waals surface area (Å²) in [5, 5.41) is 8.60. The summed E-state index contributed by atoms with van der Waals surface area (Å²) in [6, 6.07) is 0. The SMILES string of the molecule is C=C(C(CC(C)C)C(=O)O)C(F)(F)F. The third-order valence-corrected chi connectivity index (χ3v) is 1.79. The van der Waals surface area contributed by atoms with Crippen LogP contribution in [0.4, 0.5) is 13.2 Å². The Hall–Kier alpha value is -1.00. The number of hydrogen-bond acceptors (Lipinski definition) is 1. The molecule has 0 saturated heterocycles. The predicted molar refractivity (Wildman–Crippen MR) is 45.8 cm³/mol. The largest absolute Gasteiger partial charge is 0.481 e. The fraction of sp³-hybridized carbons (Fsp3) is 0.667. The van der Waals surface area contributed by atoms with Gasteiger partial charge in [-0.25, -0.2) is 0 Å². The maximum atomic E-state index is 12.1. The molecular weight excluding hydrogens is 197 g/mol. The Morgan fingerprint density at radius 2 is 1.86 bits per heavy atom. The number of carboxylic acids is 1. The van der Waals surface area contributed by atoms with Crippen LogP contribution in [0.15, 0.2) is 12.2 Å². The second-order valence-electron chi connectivity index (χ2n) is 3.54. The van der Waals surface area contributed by atoms with Crippen molar-refractivity contribution in [3.05, 3.63) is 12.2 Å². The van der Waals surface area contributed by atoms with Crippen molar-refractivity contribution in [3.63, 3.8) is 0 Å². The van der Waals surface area contributed by atoms with Gasteiger partial charge >= 0.3 is 12.1 Å². The minimum Gasteiger partial charge on any atom is -0.481 e. The summed E-state index contributed by atoms with van der Waals surface area (Å²) < 4.78 is 36.4. The van der Waals surface area contributed by atoms with Gasteiger partial charge in [0, 0.05) is 5.57 Å². The zero-order valence-electron chi connectivity index (χ0n) is 8.06. The fourth-order valence-corrected chi connectivity index (χ4v) is 1.06. The van der Waals surface area contributed by atoms with Crippen LogP contribution in [0.2, 0.25) is 0 Å². The molecule has 0 rings (SSSR count). The summed E-state index contributed by atoms with van der Waals surface area (Å²) in [5.74, 6) is -3.12. The lowest BCUT2D eigenvalue weighted by molar-refractivity contribution is -0.146. The maximum absolute atomic E-state index is 12.1. The molecule has 0 aromatic carbocycles. The van der Waals surface area contributed by atoms with Crippen LogP contribution in [-0.2, 0) is 4.79 Å². The number of carboxylic acid groups (broad SMARTS) is 1. The van der Waals surface area contributed by atoms with Gasteiger partial charge in [-0.3, -0.25) is 4.79 Å². The topological polar surface area (TPSA) is 37.3 Å². The molecule has 0 heterocycles. The molecule has 0 saturated carbocycles. The second-order valence-corrected chi connectivity index (χ2v) is 3.54. The van der Waals surface area contributed by atoms with E-state index in [9.17, 15) is 18.0 Å². The molecule has 0 fully saturated rings. The first-order valence-corrected chi connectivity index (χ1v) is 4.15. The number of hydrogen-bond donors (Lipinski definition) is 1. The zero-order chi connectivity index (χ0) is 11.5. The van der Waals surface area contributed by atoms with E-state index in [1.54, 1.807) is 13.8 Å². The number of halogens is 3. The monoisotopic (exact) mass is 210 g/mol. The van der Waals surface area contributed by atoms with E-state index in [0.717, 1.165) is 0 Å². The maximum Gasteiger partial charge on any atom is 0.412 e. The molecule has 82 valence electrons. The Balaban J connectivity index is 4.68. The minimum absolute atomic E-state index is 0.0479. The molecule has 0 radical (unpaired) electrons. The smallest absolute Gasteiger partial charge is 0.412 e. The van der Waals surface area contributed by atoms with Gasteiger partial charge in [0.2, 0.25) is 0 Å². The second kappa shape index (κ2) is 4.48. The van der Waals surface area contributed by atoms with Crippen LogP contribution in [0, 0.1) is 11.8 Å². The van der Waals surface area contributed by atoms with E-state index in [2.05, 4.69) is 6.58 Å². The van der Waals surface area contributed by atoms with Crippen LogP contribution in [0.25, 0.3) is 0 Å². The molecule has 1 atom stereocenters. The lowest BCUT2D eigenvalue weighted by Gasteiger charge is -2.19. The van der Waals surface area contributed by atoms with Crippen molar-refractivity contribution in [1.82, 2.24) is 0 Å². The molecule has 0 aliphatic heterocycles. The Morgan fingerprint density at radius 3 is 2.07 bits per heavy atom. The van der Waals surface area contributed by atoms with E-state index < -0.39 is 23.6 Å². The molecule has 0 aromatic heterocycles. The van der Waals surface area contributed by atoms with Crippen molar-refractivity contribution in [2.75, 3.05) is 0 Å². The molecule has 14 heavy (non-hydrogen) atoms. The molecule has 0 aliphatic carbocycles. The van der Waals surface area contributed by atoms with Gasteiger partial charge in [0.25, 0.3) is 0 Å². The number of alkyl halides is 3. The molecule has 5 heteroatoms. The van der Waals surface area contributed by atoms with Crippen molar-refractivity contribution in [3.8, 4) is 0 Å². The highest BCUT2D eigenvalue weighted by molar-refractivity contribution is 5.73. The lowest BCUT2D eigenvalue weighted by Crippen LogP contribution is -2.26. The van der Waals surface area contributed by atoms with Crippen molar-refractivity contribution in [2.24, 2.45) is 11.8 Å². The van der Waals surface area contributed by atoms with Crippen LogP contribution < -0.4 is 0 Å². The molecule has 0 aromatic rings. The van der Waals surface area contributed by atoms with Gasteiger partial charge in [0.05, 0.1) is 5.92 Å². The molecule has 0 amide bonds. The normalized spacial score (nSPS) is 14.1. The highest BCUT2D eigenvalue weighted by Crippen LogP contribution is 2.33. The molecule has 0 spiro atoms. The first kappa shape index (κ1) is 13.0. The van der Waals surface area contributed by atoms with Gasteiger partial charge in [-0.1, -0.05) is 20.4 Å². The molecular formula is C9H13F3O2. The first-order valence-electron chi connectivity index (χ1n) is 4.15. The average molecular weight is 210 g/mol. The third-order valence-electron chi connectivity index (χ3n) is 1.79. The van der Waals surface area contributed by atoms with Crippen LogP contribution >= 0.6 is 0 Å². The van der Waals surface area contributed by atoms with Crippen molar-refractivity contribution in [2.45, 2.75) is 26.4 Å². The van der Waals surface area contributed by atoms with Crippen LogP contribution in [-0.4, -0.2) is 17.3 Å². The molecule has 2 nitrogen and oxygen atoms in total. The number of aliphatic carboxylic acids is 1. The van der Waals surface area contributed by atoms with Crippen molar-refractivity contribution in [1.29, 1.82) is 0 Å². The summed E-state index contributed by atoms with van der Waals surface area (Å²) in [6.45, 7) is 6.13. The van der Waals surface area contributed by atoms with E-state index in [1.165, 1.54) is 0 Å². The van der Waals surface area contributed by atoms with Gasteiger partial charge in [-0.15, -0.1) is 0 Å². The highest BCUT2D eigenvalue weighted by atomic mass is 19.4. The molecule has 1 N–H and O–H groups in total. The Labute approximate surface area is 80.4 Å². The molecule has 0 bridgehead atoms. The molecule has 1 unspecified atom stereocenters. The van der Waals surface area contributed by atoms with Crippen LogP contribution in [0.5, 0.6) is 0 Å². The highest BCUT2D eigenvalue weighted by Gasteiger charge is 2.40. The Morgan fingerprint density at radius 1 is 1.43 bits per heavy atom. The van der Waals surface area contributed by atoms with E-state index >= 15 is 0 Å². The number of rotatable bonds is 4. The average Bonchev–Trinajstić information content (AvgIpc) is 1.96.